The molecule has 0 saturated carbocycles. The van der Waals surface area contributed by atoms with E-state index in [1.807, 2.05) is 63.3 Å². The Morgan fingerprint density at radius 1 is 1.13 bits per heavy atom. The van der Waals surface area contributed by atoms with Crippen molar-refractivity contribution in [3.8, 4) is 0 Å². The van der Waals surface area contributed by atoms with Gasteiger partial charge in [-0.15, -0.1) is 0 Å². The fourth-order valence-corrected chi connectivity index (χ4v) is 4.97. The van der Waals surface area contributed by atoms with E-state index >= 15 is 0 Å². The van der Waals surface area contributed by atoms with Crippen LogP contribution in [0, 0.1) is 29.6 Å². The van der Waals surface area contributed by atoms with Crippen molar-refractivity contribution in [2.24, 2.45) is 29.6 Å². The van der Waals surface area contributed by atoms with Gasteiger partial charge >= 0.3 is 0 Å². The molecule has 2 aliphatic rings. The van der Waals surface area contributed by atoms with Crippen molar-refractivity contribution in [1.29, 1.82) is 0 Å². The van der Waals surface area contributed by atoms with E-state index in [4.69, 9.17) is 0 Å². The largest absolute Gasteiger partial charge is 0.394 e. The third kappa shape index (κ3) is 4.37. The number of nitrogens with one attached hydrogen (secondary N) is 2. The van der Waals surface area contributed by atoms with Gasteiger partial charge in [0.05, 0.1) is 24.5 Å². The maximum Gasteiger partial charge on any atom is 0.243 e. The summed E-state index contributed by atoms with van der Waals surface area (Å²) in [5, 5.41) is 15.7. The van der Waals surface area contributed by atoms with Gasteiger partial charge in [-0.05, 0) is 17.4 Å². The first-order valence-electron chi connectivity index (χ1n) is 11.0. The second-order valence-corrected chi connectivity index (χ2v) is 8.87. The summed E-state index contributed by atoms with van der Waals surface area (Å²) in [6, 6.07) is 8.31. The Hall–Kier alpha value is -2.67. The van der Waals surface area contributed by atoms with E-state index in [0.717, 1.165) is 5.56 Å². The molecule has 31 heavy (non-hydrogen) atoms. The highest BCUT2D eigenvalue weighted by Gasteiger charge is 2.58. The molecule has 0 radical (unpaired) electrons. The quantitative estimate of drug-likeness (QED) is 0.572. The van der Waals surface area contributed by atoms with Gasteiger partial charge in [0.2, 0.25) is 17.7 Å². The molecule has 1 aromatic rings. The highest BCUT2D eigenvalue weighted by Crippen LogP contribution is 2.45. The van der Waals surface area contributed by atoms with Gasteiger partial charge in [0, 0.05) is 19.5 Å². The molecule has 1 heterocycles. The Morgan fingerprint density at radius 3 is 2.39 bits per heavy atom. The summed E-state index contributed by atoms with van der Waals surface area (Å²) in [5.74, 6) is -2.46. The van der Waals surface area contributed by atoms with E-state index in [1.54, 1.807) is 11.9 Å². The average Bonchev–Trinajstić information content (AvgIpc) is 3.05. The minimum atomic E-state index is -0.767. The molecule has 7 nitrogen and oxygen atoms in total. The van der Waals surface area contributed by atoms with Crippen molar-refractivity contribution in [3.63, 3.8) is 0 Å². The number of rotatable bonds is 7. The van der Waals surface area contributed by atoms with Crippen LogP contribution in [0.3, 0.4) is 0 Å². The number of carbonyl (C=O) groups excluding carboxylic acids is 3. The van der Waals surface area contributed by atoms with Gasteiger partial charge in [0.25, 0.3) is 0 Å². The Morgan fingerprint density at radius 2 is 1.81 bits per heavy atom. The highest BCUT2D eigenvalue weighted by atomic mass is 16.3. The monoisotopic (exact) mass is 427 g/mol. The number of amides is 3. The second-order valence-electron chi connectivity index (χ2n) is 8.87. The van der Waals surface area contributed by atoms with Gasteiger partial charge in [0.1, 0.15) is 6.04 Å². The first-order chi connectivity index (χ1) is 14.8. The maximum atomic E-state index is 13.6. The zero-order chi connectivity index (χ0) is 22.7. The van der Waals surface area contributed by atoms with E-state index in [0.29, 0.717) is 6.54 Å². The first-order valence-corrected chi connectivity index (χ1v) is 11.0. The lowest BCUT2D eigenvalue weighted by atomic mass is 9.70. The van der Waals surface area contributed by atoms with Crippen molar-refractivity contribution in [3.05, 3.63) is 48.0 Å². The average molecular weight is 428 g/mol. The fraction of sp³-hybridized carbons (Fsp3) is 0.542. The number of aliphatic hydroxyl groups is 1. The lowest BCUT2D eigenvalue weighted by Crippen LogP contribution is -2.53. The first kappa shape index (κ1) is 23.0. The zero-order valence-electron chi connectivity index (χ0n) is 18.6. The maximum absolute atomic E-state index is 13.6. The number of nitrogens with zero attached hydrogens (tertiary/aromatic N) is 1. The number of likely N-dealkylation sites (tertiary alicyclic amines) is 1. The molecule has 168 valence electrons. The summed E-state index contributed by atoms with van der Waals surface area (Å²) < 4.78 is 0. The van der Waals surface area contributed by atoms with Crippen molar-refractivity contribution in [2.75, 3.05) is 13.7 Å². The molecular weight excluding hydrogens is 394 g/mol. The molecule has 3 rings (SSSR count). The van der Waals surface area contributed by atoms with Crippen LogP contribution in [0.15, 0.2) is 42.5 Å². The van der Waals surface area contributed by atoms with Crippen LogP contribution in [-0.2, 0) is 20.9 Å². The SMILES string of the molecule is CNC(=O)[C@H]1[C@H]2C(=O)N([C@@H](CO)C(C)C)[C@H](C(=O)NCc3ccccc3)[C@H]2C=C[C@H]1C. The minimum Gasteiger partial charge on any atom is -0.394 e. The molecule has 1 aliphatic heterocycles. The Bertz CT molecular complexity index is 838. The molecule has 3 N–H and O–H groups in total. The predicted molar refractivity (Wildman–Crippen MR) is 117 cm³/mol. The number of carbonyl (C=O) groups is 3. The molecule has 1 aromatic carbocycles. The number of aliphatic hydroxyl groups excluding tert-OH is 1. The van der Waals surface area contributed by atoms with Gasteiger partial charge < -0.3 is 20.6 Å². The van der Waals surface area contributed by atoms with E-state index < -0.39 is 29.8 Å². The van der Waals surface area contributed by atoms with E-state index in [9.17, 15) is 19.5 Å². The highest BCUT2D eigenvalue weighted by molar-refractivity contribution is 5.97. The van der Waals surface area contributed by atoms with Crippen LogP contribution in [0.1, 0.15) is 26.3 Å². The van der Waals surface area contributed by atoms with Gasteiger partial charge in [-0.1, -0.05) is 63.3 Å². The molecule has 6 atom stereocenters. The third-order valence-corrected chi connectivity index (χ3v) is 6.65. The molecular formula is C24H33N3O4. The molecule has 0 bridgehead atoms. The predicted octanol–water partition coefficient (Wildman–Crippen LogP) is 1.33. The van der Waals surface area contributed by atoms with Crippen molar-refractivity contribution in [2.45, 2.75) is 39.4 Å². The van der Waals surface area contributed by atoms with E-state index in [2.05, 4.69) is 10.6 Å². The van der Waals surface area contributed by atoms with Crippen LogP contribution in [-0.4, -0.2) is 53.5 Å². The van der Waals surface area contributed by atoms with Gasteiger partial charge in [-0.3, -0.25) is 14.4 Å². The lowest BCUT2D eigenvalue weighted by Gasteiger charge is -2.35. The van der Waals surface area contributed by atoms with Crippen LogP contribution >= 0.6 is 0 Å². The van der Waals surface area contributed by atoms with Crippen LogP contribution in [0.25, 0.3) is 0 Å². The molecule has 0 aromatic heterocycles. The van der Waals surface area contributed by atoms with Crippen LogP contribution in [0.4, 0.5) is 0 Å². The van der Waals surface area contributed by atoms with Crippen molar-refractivity contribution >= 4 is 17.7 Å². The number of allylic oxidation sites excluding steroid dienone is 1. The number of benzene rings is 1. The number of fused-ring (bicyclic) bond motifs is 1. The summed E-state index contributed by atoms with van der Waals surface area (Å²) in [6.45, 7) is 5.86. The Kier molecular flexibility index (Phi) is 7.15. The van der Waals surface area contributed by atoms with Gasteiger partial charge in [-0.25, -0.2) is 0 Å². The fourth-order valence-electron chi connectivity index (χ4n) is 4.97. The Balaban J connectivity index is 1.96. The van der Waals surface area contributed by atoms with Crippen LogP contribution in [0.2, 0.25) is 0 Å². The number of hydrogen-bond donors (Lipinski definition) is 3. The zero-order valence-corrected chi connectivity index (χ0v) is 18.6. The summed E-state index contributed by atoms with van der Waals surface area (Å²) in [7, 11) is 1.56. The standard InChI is InChI=1S/C24H33N3O4/c1-14(2)18(13-28)27-21(23(30)26-12-16-8-6-5-7-9-16)17-11-10-15(3)19(22(29)25-4)20(17)24(27)31/h5-11,14-15,17-21,28H,12-13H2,1-4H3,(H,25,29)(H,26,30)/t15-,17+,18+,19-,20+,21+/m1/s1. The Labute approximate surface area is 183 Å². The summed E-state index contributed by atoms with van der Waals surface area (Å²) >= 11 is 0. The second kappa shape index (κ2) is 9.64. The van der Waals surface area contributed by atoms with Crippen LogP contribution < -0.4 is 10.6 Å². The molecule has 7 heteroatoms. The molecule has 0 spiro atoms. The van der Waals surface area contributed by atoms with Crippen LogP contribution in [0.5, 0.6) is 0 Å². The van der Waals surface area contributed by atoms with Gasteiger partial charge in [-0.2, -0.15) is 0 Å². The molecule has 1 fully saturated rings. The van der Waals surface area contributed by atoms with E-state index in [1.165, 1.54) is 0 Å². The van der Waals surface area contributed by atoms with Gasteiger partial charge in [0.15, 0.2) is 0 Å². The third-order valence-electron chi connectivity index (χ3n) is 6.65. The lowest BCUT2D eigenvalue weighted by molar-refractivity contribution is -0.144. The van der Waals surface area contributed by atoms with Crippen molar-refractivity contribution < 1.29 is 19.5 Å². The molecule has 3 amide bonds. The summed E-state index contributed by atoms with van der Waals surface area (Å²) in [4.78, 5) is 41.2. The molecule has 1 aliphatic carbocycles. The minimum absolute atomic E-state index is 0.0432. The number of hydrogen-bond acceptors (Lipinski definition) is 4. The molecule has 1 saturated heterocycles. The topological polar surface area (TPSA) is 98.7 Å². The smallest absolute Gasteiger partial charge is 0.243 e. The normalized spacial score (nSPS) is 28.4. The van der Waals surface area contributed by atoms with E-state index in [-0.39, 0.29) is 36.2 Å². The summed E-state index contributed by atoms with van der Waals surface area (Å²) in [6.07, 6.45) is 3.84. The summed E-state index contributed by atoms with van der Waals surface area (Å²) in [5.41, 5.74) is 0.960. The van der Waals surface area contributed by atoms with Crippen molar-refractivity contribution in [1.82, 2.24) is 15.5 Å². The molecule has 0 unspecified atom stereocenters.